The van der Waals surface area contributed by atoms with E-state index >= 15 is 0 Å². The van der Waals surface area contributed by atoms with Crippen LogP contribution in [0, 0.1) is 0 Å². The van der Waals surface area contributed by atoms with Gasteiger partial charge in [-0.25, -0.2) is 0 Å². The SMILES string of the molecule is CN(C)c1ccc([C@@H]2O[Si](C)(C)c3ccccc32)cc1. The quantitative estimate of drug-likeness (QED) is 0.784. The Morgan fingerprint density at radius 3 is 2.25 bits per heavy atom. The lowest BCUT2D eigenvalue weighted by Gasteiger charge is -2.19. The predicted octanol–water partition coefficient (Wildman–Crippen LogP) is 3.28. The summed E-state index contributed by atoms with van der Waals surface area (Å²) in [5, 5.41) is 1.43. The Morgan fingerprint density at radius 1 is 0.950 bits per heavy atom. The molecule has 0 aliphatic carbocycles. The average Bonchev–Trinajstić information content (AvgIpc) is 2.72. The van der Waals surface area contributed by atoms with Crippen LogP contribution in [0.1, 0.15) is 17.2 Å². The lowest BCUT2D eigenvalue weighted by Crippen LogP contribution is -2.39. The maximum atomic E-state index is 6.43. The van der Waals surface area contributed by atoms with E-state index in [0.717, 1.165) is 0 Å². The van der Waals surface area contributed by atoms with Gasteiger partial charge >= 0.3 is 0 Å². The highest BCUT2D eigenvalue weighted by Gasteiger charge is 2.40. The molecular formula is C17H21NOSi. The van der Waals surface area contributed by atoms with Crippen LogP contribution in [-0.2, 0) is 4.43 Å². The van der Waals surface area contributed by atoms with E-state index in [1.807, 2.05) is 0 Å². The molecule has 2 nitrogen and oxygen atoms in total. The second kappa shape index (κ2) is 4.76. The third-order valence-electron chi connectivity index (χ3n) is 4.02. The van der Waals surface area contributed by atoms with Crippen LogP contribution in [0.3, 0.4) is 0 Å². The normalized spacial score (nSPS) is 19.7. The van der Waals surface area contributed by atoms with Gasteiger partial charge in [-0.1, -0.05) is 36.4 Å². The fraction of sp³-hybridized carbons (Fsp3) is 0.294. The van der Waals surface area contributed by atoms with Crippen molar-refractivity contribution in [2.24, 2.45) is 0 Å². The minimum atomic E-state index is -1.75. The van der Waals surface area contributed by atoms with Gasteiger partial charge in [0.1, 0.15) is 0 Å². The molecule has 1 aliphatic heterocycles. The molecule has 2 aromatic carbocycles. The summed E-state index contributed by atoms with van der Waals surface area (Å²) < 4.78 is 6.43. The highest BCUT2D eigenvalue weighted by molar-refractivity contribution is 6.85. The van der Waals surface area contributed by atoms with Gasteiger partial charge in [-0.15, -0.1) is 0 Å². The van der Waals surface area contributed by atoms with Crippen molar-refractivity contribution in [1.82, 2.24) is 0 Å². The van der Waals surface area contributed by atoms with Gasteiger partial charge in [0.25, 0.3) is 0 Å². The molecule has 3 heteroatoms. The Balaban J connectivity index is 2.00. The lowest BCUT2D eigenvalue weighted by molar-refractivity contribution is 0.259. The first kappa shape index (κ1) is 13.4. The monoisotopic (exact) mass is 283 g/mol. The number of benzene rings is 2. The van der Waals surface area contributed by atoms with Crippen molar-refractivity contribution in [3.05, 3.63) is 59.7 Å². The highest BCUT2D eigenvalue weighted by Crippen LogP contribution is 2.35. The van der Waals surface area contributed by atoms with E-state index in [-0.39, 0.29) is 6.10 Å². The molecule has 0 bridgehead atoms. The number of fused-ring (bicyclic) bond motifs is 1. The minimum Gasteiger partial charge on any atom is -0.402 e. The van der Waals surface area contributed by atoms with Gasteiger partial charge in [0, 0.05) is 19.8 Å². The van der Waals surface area contributed by atoms with Gasteiger partial charge in [-0.3, -0.25) is 0 Å². The fourth-order valence-electron chi connectivity index (χ4n) is 2.89. The largest absolute Gasteiger partial charge is 0.402 e. The second-order valence-electron chi connectivity index (χ2n) is 6.08. The summed E-state index contributed by atoms with van der Waals surface area (Å²) in [5.74, 6) is 0. The van der Waals surface area contributed by atoms with Crippen molar-refractivity contribution in [3.8, 4) is 0 Å². The molecule has 0 saturated heterocycles. The number of nitrogens with zero attached hydrogens (tertiary/aromatic N) is 1. The third kappa shape index (κ3) is 2.17. The molecule has 1 atom stereocenters. The molecule has 20 heavy (non-hydrogen) atoms. The lowest BCUT2D eigenvalue weighted by atomic mass is 10.0. The van der Waals surface area contributed by atoms with Crippen molar-refractivity contribution in [2.45, 2.75) is 19.2 Å². The molecule has 1 aliphatic rings. The van der Waals surface area contributed by atoms with E-state index in [1.165, 1.54) is 22.0 Å². The van der Waals surface area contributed by atoms with Crippen LogP contribution >= 0.6 is 0 Å². The Hall–Kier alpha value is -1.58. The topological polar surface area (TPSA) is 12.5 Å². The predicted molar refractivity (Wildman–Crippen MR) is 87.3 cm³/mol. The first-order valence-corrected chi connectivity index (χ1v) is 9.94. The Bertz CT molecular complexity index is 619. The summed E-state index contributed by atoms with van der Waals surface area (Å²) in [6.07, 6.45) is 0.101. The van der Waals surface area contributed by atoms with Crippen molar-refractivity contribution in [3.63, 3.8) is 0 Å². The van der Waals surface area contributed by atoms with Crippen LogP contribution in [0.25, 0.3) is 0 Å². The molecule has 0 radical (unpaired) electrons. The maximum absolute atomic E-state index is 6.43. The van der Waals surface area contributed by atoms with Crippen molar-refractivity contribution in [1.29, 1.82) is 0 Å². The van der Waals surface area contributed by atoms with Gasteiger partial charge < -0.3 is 9.33 Å². The first-order chi connectivity index (χ1) is 9.49. The van der Waals surface area contributed by atoms with Crippen LogP contribution in [0.15, 0.2) is 48.5 Å². The summed E-state index contributed by atoms with van der Waals surface area (Å²) in [7, 11) is 2.37. The van der Waals surface area contributed by atoms with Crippen LogP contribution in [0.4, 0.5) is 5.69 Å². The van der Waals surface area contributed by atoms with Gasteiger partial charge in [0.2, 0.25) is 8.32 Å². The summed E-state index contributed by atoms with van der Waals surface area (Å²) in [6.45, 7) is 4.56. The summed E-state index contributed by atoms with van der Waals surface area (Å²) in [4.78, 5) is 2.12. The molecule has 0 saturated carbocycles. The van der Waals surface area contributed by atoms with Gasteiger partial charge in [-0.05, 0) is 41.5 Å². The molecule has 104 valence electrons. The number of anilines is 1. The summed E-state index contributed by atoms with van der Waals surface area (Å²) in [5.41, 5.74) is 3.82. The fourth-order valence-corrected chi connectivity index (χ4v) is 5.28. The molecule has 2 aromatic rings. The second-order valence-corrected chi connectivity index (χ2v) is 9.88. The number of rotatable bonds is 2. The molecule has 0 unspecified atom stereocenters. The van der Waals surface area contributed by atoms with E-state index in [0.29, 0.717) is 0 Å². The zero-order chi connectivity index (χ0) is 14.3. The van der Waals surface area contributed by atoms with E-state index in [1.54, 1.807) is 0 Å². The smallest absolute Gasteiger partial charge is 0.219 e. The Kier molecular flexibility index (Phi) is 3.19. The summed E-state index contributed by atoms with van der Waals surface area (Å²) in [6, 6.07) is 17.4. The van der Waals surface area contributed by atoms with Crippen LogP contribution in [-0.4, -0.2) is 22.4 Å². The molecule has 3 rings (SSSR count). The van der Waals surface area contributed by atoms with Gasteiger partial charge in [0.15, 0.2) is 0 Å². The third-order valence-corrected chi connectivity index (χ3v) is 6.59. The maximum Gasteiger partial charge on any atom is 0.219 e. The first-order valence-electron chi connectivity index (χ1n) is 7.03. The number of hydrogen-bond donors (Lipinski definition) is 0. The molecule has 0 aromatic heterocycles. The Labute approximate surface area is 122 Å². The average molecular weight is 283 g/mol. The van der Waals surface area contributed by atoms with Gasteiger partial charge in [-0.2, -0.15) is 0 Å². The highest BCUT2D eigenvalue weighted by atomic mass is 28.4. The van der Waals surface area contributed by atoms with Gasteiger partial charge in [0.05, 0.1) is 6.10 Å². The van der Waals surface area contributed by atoms with Crippen molar-refractivity contribution in [2.75, 3.05) is 19.0 Å². The summed E-state index contributed by atoms with van der Waals surface area (Å²) >= 11 is 0. The van der Waals surface area contributed by atoms with Crippen LogP contribution < -0.4 is 10.1 Å². The molecule has 0 amide bonds. The van der Waals surface area contributed by atoms with Crippen molar-refractivity contribution < 1.29 is 4.43 Å². The molecule has 0 N–H and O–H groups in total. The minimum absolute atomic E-state index is 0.101. The molecule has 0 spiro atoms. The zero-order valence-corrected chi connectivity index (χ0v) is 13.6. The zero-order valence-electron chi connectivity index (χ0n) is 12.6. The Morgan fingerprint density at radius 2 is 1.60 bits per heavy atom. The number of hydrogen-bond acceptors (Lipinski definition) is 2. The van der Waals surface area contributed by atoms with E-state index < -0.39 is 8.32 Å². The van der Waals surface area contributed by atoms with Crippen LogP contribution in [0.5, 0.6) is 0 Å². The molecular weight excluding hydrogens is 262 g/mol. The van der Waals surface area contributed by atoms with E-state index in [4.69, 9.17) is 4.43 Å². The molecule has 1 heterocycles. The van der Waals surface area contributed by atoms with E-state index in [9.17, 15) is 0 Å². The van der Waals surface area contributed by atoms with Crippen LogP contribution in [0.2, 0.25) is 13.1 Å². The molecule has 0 fully saturated rings. The van der Waals surface area contributed by atoms with E-state index in [2.05, 4.69) is 80.6 Å². The standard InChI is InChI=1S/C17H21NOSi/c1-18(2)14-11-9-13(10-12-14)17-15-7-5-6-8-16(15)20(3,4)19-17/h5-12,17H,1-4H3/t17-/m0/s1. The van der Waals surface area contributed by atoms with Crippen molar-refractivity contribution >= 4 is 19.2 Å².